The van der Waals surface area contributed by atoms with Gasteiger partial charge in [-0.1, -0.05) is 24.3 Å². The molecule has 0 saturated carbocycles. The summed E-state index contributed by atoms with van der Waals surface area (Å²) in [4.78, 5) is 12.0. The first-order valence-electron chi connectivity index (χ1n) is 6.15. The van der Waals surface area contributed by atoms with Crippen LogP contribution in [0, 0.1) is 3.57 Å². The molecule has 0 fully saturated rings. The molecule has 4 N–H and O–H groups in total. The van der Waals surface area contributed by atoms with Crippen LogP contribution in [0.4, 0.5) is 5.69 Å². The normalized spacial score (nSPS) is 11.9. The van der Waals surface area contributed by atoms with Crippen molar-refractivity contribution in [3.63, 3.8) is 0 Å². The number of hydrogen-bond donors (Lipinski definition) is 3. The fourth-order valence-electron chi connectivity index (χ4n) is 1.77. The quantitative estimate of drug-likeness (QED) is 0.712. The number of rotatable bonds is 4. The Labute approximate surface area is 131 Å². The van der Waals surface area contributed by atoms with Crippen LogP contribution in [0.1, 0.15) is 5.56 Å². The van der Waals surface area contributed by atoms with Crippen molar-refractivity contribution in [2.24, 2.45) is 5.73 Å². The molecule has 0 radical (unpaired) electrons. The summed E-state index contributed by atoms with van der Waals surface area (Å²) in [5.41, 5.74) is 7.58. The predicted molar refractivity (Wildman–Crippen MR) is 87.6 cm³/mol. The molecule has 1 amide bonds. The number of benzene rings is 2. The molecule has 0 aromatic heterocycles. The topological polar surface area (TPSA) is 75.3 Å². The highest BCUT2D eigenvalue weighted by atomic mass is 127. The third-order valence-electron chi connectivity index (χ3n) is 2.86. The lowest BCUT2D eigenvalue weighted by molar-refractivity contribution is -0.117. The summed E-state index contributed by atoms with van der Waals surface area (Å²) >= 11 is 2.16. The fourth-order valence-corrected chi connectivity index (χ4v) is 2.29. The van der Waals surface area contributed by atoms with E-state index in [2.05, 4.69) is 27.9 Å². The Morgan fingerprint density at radius 1 is 1.20 bits per heavy atom. The Balaban J connectivity index is 1.99. The number of hydrogen-bond acceptors (Lipinski definition) is 3. The summed E-state index contributed by atoms with van der Waals surface area (Å²) < 4.78 is 0.968. The molecule has 0 aliphatic rings. The average molecular weight is 382 g/mol. The number of aromatic hydroxyl groups is 1. The zero-order valence-electron chi connectivity index (χ0n) is 10.7. The number of carbonyl (C=O) groups excluding carboxylic acids is 1. The molecule has 2 rings (SSSR count). The largest absolute Gasteiger partial charge is 0.508 e. The third-order valence-corrected chi connectivity index (χ3v) is 3.80. The minimum Gasteiger partial charge on any atom is -0.508 e. The second kappa shape index (κ2) is 6.71. The lowest BCUT2D eigenvalue weighted by Crippen LogP contribution is -2.37. The van der Waals surface area contributed by atoms with E-state index in [9.17, 15) is 9.90 Å². The minimum atomic E-state index is -0.629. The Kier molecular flexibility index (Phi) is 4.97. The van der Waals surface area contributed by atoms with Crippen LogP contribution in [-0.4, -0.2) is 17.1 Å². The SMILES string of the molecule is N[C@@H](Cc1ccc(O)cc1)C(=O)Nc1ccccc1I. The summed E-state index contributed by atoms with van der Waals surface area (Å²) in [5, 5.41) is 12.0. The van der Waals surface area contributed by atoms with Crippen LogP contribution in [0.5, 0.6) is 5.75 Å². The first-order valence-corrected chi connectivity index (χ1v) is 7.23. The molecule has 104 valence electrons. The first kappa shape index (κ1) is 14.8. The van der Waals surface area contributed by atoms with Gasteiger partial charge in [0.2, 0.25) is 5.91 Å². The molecule has 0 heterocycles. The number of halogens is 1. The lowest BCUT2D eigenvalue weighted by Gasteiger charge is -2.13. The van der Waals surface area contributed by atoms with Gasteiger partial charge >= 0.3 is 0 Å². The highest BCUT2D eigenvalue weighted by Crippen LogP contribution is 2.17. The smallest absolute Gasteiger partial charge is 0.241 e. The number of nitrogens with one attached hydrogen (secondary N) is 1. The number of para-hydroxylation sites is 1. The number of nitrogens with two attached hydrogens (primary N) is 1. The van der Waals surface area contributed by atoms with Crippen LogP contribution in [0.25, 0.3) is 0 Å². The zero-order valence-corrected chi connectivity index (χ0v) is 12.9. The molecule has 2 aromatic rings. The van der Waals surface area contributed by atoms with Crippen LogP contribution in [0.15, 0.2) is 48.5 Å². The molecule has 0 unspecified atom stereocenters. The summed E-state index contributed by atoms with van der Waals surface area (Å²) in [6, 6.07) is 13.6. The van der Waals surface area contributed by atoms with E-state index in [1.165, 1.54) is 0 Å². The number of phenolic OH excluding ortho intramolecular Hbond substituents is 1. The van der Waals surface area contributed by atoms with Crippen LogP contribution in [-0.2, 0) is 11.2 Å². The fraction of sp³-hybridized carbons (Fsp3) is 0.133. The van der Waals surface area contributed by atoms with E-state index in [0.29, 0.717) is 6.42 Å². The van der Waals surface area contributed by atoms with E-state index >= 15 is 0 Å². The Bertz CT molecular complexity index is 599. The van der Waals surface area contributed by atoms with Crippen molar-refractivity contribution >= 4 is 34.2 Å². The van der Waals surface area contributed by atoms with E-state index < -0.39 is 6.04 Å². The van der Waals surface area contributed by atoms with E-state index in [-0.39, 0.29) is 11.7 Å². The van der Waals surface area contributed by atoms with Gasteiger partial charge in [-0.2, -0.15) is 0 Å². The molecule has 2 aromatic carbocycles. The number of phenols is 1. The number of amides is 1. The minimum absolute atomic E-state index is 0.200. The van der Waals surface area contributed by atoms with Crippen molar-refractivity contribution in [2.75, 3.05) is 5.32 Å². The summed E-state index contributed by atoms with van der Waals surface area (Å²) in [7, 11) is 0. The van der Waals surface area contributed by atoms with E-state index in [1.54, 1.807) is 24.3 Å². The Morgan fingerprint density at radius 2 is 1.85 bits per heavy atom. The van der Waals surface area contributed by atoms with Gasteiger partial charge in [-0.15, -0.1) is 0 Å². The van der Waals surface area contributed by atoms with Gasteiger partial charge in [0.15, 0.2) is 0 Å². The Hall–Kier alpha value is -1.60. The monoisotopic (exact) mass is 382 g/mol. The molecule has 0 saturated heterocycles. The molecule has 1 atom stereocenters. The van der Waals surface area contributed by atoms with Crippen LogP contribution < -0.4 is 11.1 Å². The van der Waals surface area contributed by atoms with E-state index in [0.717, 1.165) is 14.8 Å². The maximum absolute atomic E-state index is 12.0. The molecule has 5 heteroatoms. The highest BCUT2D eigenvalue weighted by molar-refractivity contribution is 14.1. The van der Waals surface area contributed by atoms with Gasteiger partial charge in [-0.3, -0.25) is 4.79 Å². The predicted octanol–water partition coefficient (Wildman–Crippen LogP) is 2.51. The highest BCUT2D eigenvalue weighted by Gasteiger charge is 2.15. The van der Waals surface area contributed by atoms with E-state index in [1.807, 2.05) is 24.3 Å². The lowest BCUT2D eigenvalue weighted by atomic mass is 10.1. The van der Waals surface area contributed by atoms with Gasteiger partial charge in [0.25, 0.3) is 0 Å². The van der Waals surface area contributed by atoms with Gasteiger partial charge < -0.3 is 16.2 Å². The summed E-state index contributed by atoms with van der Waals surface area (Å²) in [6.07, 6.45) is 0.426. The zero-order chi connectivity index (χ0) is 14.5. The van der Waals surface area contributed by atoms with Crippen LogP contribution >= 0.6 is 22.6 Å². The molecule has 4 nitrogen and oxygen atoms in total. The van der Waals surface area contributed by atoms with Crippen molar-refractivity contribution in [1.82, 2.24) is 0 Å². The van der Waals surface area contributed by atoms with Crippen molar-refractivity contribution in [2.45, 2.75) is 12.5 Å². The van der Waals surface area contributed by atoms with E-state index in [4.69, 9.17) is 5.73 Å². The molecular weight excluding hydrogens is 367 g/mol. The first-order chi connectivity index (χ1) is 9.56. The van der Waals surface area contributed by atoms with Crippen molar-refractivity contribution in [3.05, 3.63) is 57.7 Å². The number of carbonyl (C=O) groups is 1. The maximum atomic E-state index is 12.0. The third kappa shape index (κ3) is 3.94. The standard InChI is InChI=1S/C15H15IN2O2/c16-12-3-1-2-4-14(12)18-15(20)13(17)9-10-5-7-11(19)8-6-10/h1-8,13,19H,9,17H2,(H,18,20)/t13-/m0/s1. The molecule has 0 bridgehead atoms. The van der Waals surface area contributed by atoms with Crippen molar-refractivity contribution < 1.29 is 9.90 Å². The second-order valence-corrected chi connectivity index (χ2v) is 5.61. The molecule has 0 spiro atoms. The molecule has 0 aliphatic carbocycles. The van der Waals surface area contributed by atoms with Crippen molar-refractivity contribution in [3.8, 4) is 5.75 Å². The summed E-state index contributed by atoms with van der Waals surface area (Å²) in [6.45, 7) is 0. The maximum Gasteiger partial charge on any atom is 0.241 e. The second-order valence-electron chi connectivity index (χ2n) is 4.45. The number of anilines is 1. The van der Waals surface area contributed by atoms with Gasteiger partial charge in [0, 0.05) is 3.57 Å². The van der Waals surface area contributed by atoms with Gasteiger partial charge in [0.1, 0.15) is 5.75 Å². The molecular formula is C15H15IN2O2. The molecule has 0 aliphatic heterocycles. The van der Waals surface area contributed by atoms with Crippen LogP contribution in [0.3, 0.4) is 0 Å². The molecule has 20 heavy (non-hydrogen) atoms. The van der Waals surface area contributed by atoms with Crippen molar-refractivity contribution in [1.29, 1.82) is 0 Å². The van der Waals surface area contributed by atoms with Gasteiger partial charge in [-0.25, -0.2) is 0 Å². The van der Waals surface area contributed by atoms with Gasteiger partial charge in [-0.05, 0) is 58.8 Å². The summed E-state index contributed by atoms with van der Waals surface area (Å²) in [5.74, 6) is -0.0206. The average Bonchev–Trinajstić information content (AvgIpc) is 2.44. The van der Waals surface area contributed by atoms with Gasteiger partial charge in [0.05, 0.1) is 11.7 Å². The Morgan fingerprint density at radius 3 is 2.50 bits per heavy atom. The van der Waals surface area contributed by atoms with Crippen LogP contribution in [0.2, 0.25) is 0 Å².